The number of ether oxygens (including phenoxy) is 1. The quantitative estimate of drug-likeness (QED) is 0.709. The zero-order valence-corrected chi connectivity index (χ0v) is 11.5. The zero-order chi connectivity index (χ0) is 14.2. The topological polar surface area (TPSA) is 69.9 Å². The molecule has 0 saturated heterocycles. The van der Waals surface area contributed by atoms with Gasteiger partial charge in [0.2, 0.25) is 0 Å². The fourth-order valence-corrected chi connectivity index (χ4v) is 1.97. The van der Waals surface area contributed by atoms with Crippen LogP contribution in [0, 0.1) is 0 Å². The van der Waals surface area contributed by atoms with Gasteiger partial charge >= 0.3 is 0 Å². The van der Waals surface area contributed by atoms with E-state index < -0.39 is 11.5 Å². The smallest absolute Gasteiger partial charge is 0.190 e. The van der Waals surface area contributed by atoms with E-state index in [2.05, 4.69) is 0 Å². The van der Waals surface area contributed by atoms with E-state index in [1.165, 1.54) is 24.3 Å². The molecule has 0 heterocycles. The Morgan fingerprint density at radius 2 is 1.32 bits per heavy atom. The Labute approximate surface area is 123 Å². The van der Waals surface area contributed by atoms with E-state index in [0.717, 1.165) is 0 Å². The molecule has 2 aromatic rings. The van der Waals surface area contributed by atoms with Crippen molar-refractivity contribution in [2.75, 3.05) is 0 Å². The van der Waals surface area contributed by atoms with Crippen LogP contribution in [0.25, 0.3) is 0 Å². The highest BCUT2D eigenvalue weighted by molar-refractivity contribution is 6.46. The molecule has 0 radical (unpaired) electrons. The molecular weight excluding hydrogens is 314 g/mol. The van der Waals surface area contributed by atoms with Gasteiger partial charge in [0.05, 0.1) is 0 Å². The molecule has 0 atom stereocenters. The van der Waals surface area contributed by atoms with Crippen molar-refractivity contribution in [3.63, 3.8) is 0 Å². The molecule has 0 amide bonds. The summed E-state index contributed by atoms with van der Waals surface area (Å²) in [7, 11) is 0. The van der Waals surface area contributed by atoms with Gasteiger partial charge in [-0.1, -0.05) is 34.8 Å². The number of rotatable bonds is 2. The van der Waals surface area contributed by atoms with E-state index in [0.29, 0.717) is 5.75 Å². The van der Waals surface area contributed by atoms with Crippen molar-refractivity contribution < 1.29 is 20.1 Å². The first-order chi connectivity index (χ1) is 8.91. The van der Waals surface area contributed by atoms with Crippen LogP contribution in [0.1, 0.15) is 0 Å². The lowest BCUT2D eigenvalue weighted by atomic mass is 10.3. The van der Waals surface area contributed by atoms with Gasteiger partial charge in [-0.2, -0.15) is 0 Å². The minimum atomic E-state index is -0.526. The molecule has 2 aromatic carbocycles. The van der Waals surface area contributed by atoms with Gasteiger partial charge in [0.25, 0.3) is 0 Å². The average molecular weight is 322 g/mol. The van der Waals surface area contributed by atoms with Crippen molar-refractivity contribution >= 4 is 34.8 Å². The van der Waals surface area contributed by atoms with Crippen molar-refractivity contribution in [1.82, 2.24) is 0 Å². The van der Waals surface area contributed by atoms with Crippen LogP contribution in [-0.2, 0) is 0 Å². The van der Waals surface area contributed by atoms with E-state index in [1.807, 2.05) is 0 Å². The van der Waals surface area contributed by atoms with Gasteiger partial charge in [-0.3, -0.25) is 0 Å². The number of benzene rings is 2. The molecule has 0 aliphatic heterocycles. The number of halogens is 3. The van der Waals surface area contributed by atoms with Gasteiger partial charge in [-0.25, -0.2) is 0 Å². The van der Waals surface area contributed by atoms with Crippen molar-refractivity contribution in [3.8, 4) is 28.7 Å². The van der Waals surface area contributed by atoms with Crippen molar-refractivity contribution in [1.29, 1.82) is 0 Å². The average Bonchev–Trinajstić information content (AvgIpc) is 2.41. The molecular formula is C12H7Cl3O4. The molecule has 0 unspecified atom stereocenters. The molecule has 0 aromatic heterocycles. The maximum absolute atomic E-state index is 9.79. The summed E-state index contributed by atoms with van der Waals surface area (Å²) in [6, 6.07) is 5.70. The molecule has 0 fully saturated rings. The second-order valence-corrected chi connectivity index (χ2v) is 4.70. The van der Waals surface area contributed by atoms with E-state index in [9.17, 15) is 10.2 Å². The third-order valence-electron chi connectivity index (χ3n) is 2.29. The molecule has 100 valence electrons. The number of hydrogen-bond donors (Lipinski definition) is 3. The molecule has 3 N–H and O–H groups in total. The van der Waals surface area contributed by atoms with E-state index in [4.69, 9.17) is 44.6 Å². The van der Waals surface area contributed by atoms with E-state index >= 15 is 0 Å². The zero-order valence-electron chi connectivity index (χ0n) is 9.19. The second kappa shape index (κ2) is 5.25. The minimum absolute atomic E-state index is 0.0597. The van der Waals surface area contributed by atoms with Crippen LogP contribution in [0.15, 0.2) is 24.3 Å². The van der Waals surface area contributed by atoms with Gasteiger partial charge in [-0.15, -0.1) is 0 Å². The van der Waals surface area contributed by atoms with Crippen molar-refractivity contribution in [2.24, 2.45) is 0 Å². The maximum atomic E-state index is 9.79. The lowest BCUT2D eigenvalue weighted by Crippen LogP contribution is -1.88. The van der Waals surface area contributed by atoms with E-state index in [1.54, 1.807) is 0 Å². The number of phenols is 3. The minimum Gasteiger partial charge on any atom is -0.508 e. The highest BCUT2D eigenvalue weighted by Crippen LogP contribution is 2.51. The van der Waals surface area contributed by atoms with Crippen molar-refractivity contribution in [2.45, 2.75) is 0 Å². The first kappa shape index (κ1) is 13.9. The highest BCUT2D eigenvalue weighted by atomic mass is 35.5. The van der Waals surface area contributed by atoms with Gasteiger partial charge in [0.1, 0.15) is 26.6 Å². The van der Waals surface area contributed by atoms with Crippen LogP contribution >= 0.6 is 34.8 Å². The largest absolute Gasteiger partial charge is 0.508 e. The Balaban J connectivity index is 2.48. The standard InChI is InChI=1S/C12H7Cl3O4/c13-7-8(14)12(11(18)9(15)10(7)17)19-6-3-1-5(16)2-4-6/h1-4,16-18H. The summed E-state index contributed by atoms with van der Waals surface area (Å²) in [5.74, 6) is -0.872. The van der Waals surface area contributed by atoms with Crippen molar-refractivity contribution in [3.05, 3.63) is 39.3 Å². The summed E-state index contributed by atoms with van der Waals surface area (Å²) in [5, 5.41) is 27.7. The van der Waals surface area contributed by atoms with Gasteiger partial charge in [-0.05, 0) is 24.3 Å². The molecule has 4 nitrogen and oxygen atoms in total. The second-order valence-electron chi connectivity index (χ2n) is 3.56. The monoisotopic (exact) mass is 320 g/mol. The molecule has 19 heavy (non-hydrogen) atoms. The van der Waals surface area contributed by atoms with Gasteiger partial charge < -0.3 is 20.1 Å². The first-order valence-electron chi connectivity index (χ1n) is 4.97. The number of phenolic OH excluding ortho intramolecular Hbond substituents is 3. The Bertz CT molecular complexity index is 597. The Kier molecular flexibility index (Phi) is 3.85. The highest BCUT2D eigenvalue weighted by Gasteiger charge is 2.22. The summed E-state index contributed by atoms with van der Waals surface area (Å²) in [5.41, 5.74) is 0. The SMILES string of the molecule is Oc1ccc(Oc2c(O)c(Cl)c(O)c(Cl)c2Cl)cc1. The van der Waals surface area contributed by atoms with E-state index in [-0.39, 0.29) is 26.6 Å². The summed E-state index contributed by atoms with van der Waals surface area (Å²) >= 11 is 17.3. The van der Waals surface area contributed by atoms with Crippen LogP contribution in [0.4, 0.5) is 0 Å². The van der Waals surface area contributed by atoms with Crippen LogP contribution in [0.3, 0.4) is 0 Å². The molecule has 0 bridgehead atoms. The lowest BCUT2D eigenvalue weighted by Gasteiger charge is -2.13. The first-order valence-corrected chi connectivity index (χ1v) is 6.10. The fourth-order valence-electron chi connectivity index (χ4n) is 1.34. The molecule has 0 aliphatic rings. The molecule has 7 heteroatoms. The molecule has 0 aliphatic carbocycles. The number of aromatic hydroxyl groups is 3. The van der Waals surface area contributed by atoms with Crippen LogP contribution in [-0.4, -0.2) is 15.3 Å². The number of hydrogen-bond acceptors (Lipinski definition) is 4. The Morgan fingerprint density at radius 3 is 1.89 bits per heavy atom. The Morgan fingerprint density at radius 1 is 0.737 bits per heavy atom. The fraction of sp³-hybridized carbons (Fsp3) is 0. The summed E-state index contributed by atoms with van der Waals surface area (Å²) in [6.07, 6.45) is 0. The lowest BCUT2D eigenvalue weighted by molar-refractivity contribution is 0.403. The predicted molar refractivity (Wildman–Crippen MR) is 73.0 cm³/mol. The summed E-state index contributed by atoms with van der Waals surface area (Å²) in [6.45, 7) is 0. The summed E-state index contributed by atoms with van der Waals surface area (Å²) in [4.78, 5) is 0. The third kappa shape index (κ3) is 2.61. The maximum Gasteiger partial charge on any atom is 0.190 e. The molecule has 2 rings (SSSR count). The normalized spacial score (nSPS) is 10.5. The predicted octanol–water partition coefficient (Wildman–Crippen LogP) is 4.56. The van der Waals surface area contributed by atoms with Crippen LogP contribution in [0.5, 0.6) is 28.7 Å². The summed E-state index contributed by atoms with van der Waals surface area (Å²) < 4.78 is 5.34. The van der Waals surface area contributed by atoms with Crippen LogP contribution < -0.4 is 4.74 Å². The van der Waals surface area contributed by atoms with Crippen LogP contribution in [0.2, 0.25) is 15.1 Å². The van der Waals surface area contributed by atoms with Gasteiger partial charge in [0.15, 0.2) is 17.2 Å². The Hall–Kier alpha value is -1.49. The van der Waals surface area contributed by atoms with Gasteiger partial charge in [0, 0.05) is 0 Å². The molecule has 0 saturated carbocycles. The third-order valence-corrected chi connectivity index (χ3v) is 3.47. The molecule has 0 spiro atoms.